The number of aromatic nitrogens is 1. The number of hydrogen-bond acceptors (Lipinski definition) is 5. The lowest BCUT2D eigenvalue weighted by atomic mass is 9.92. The molecule has 2 N–H and O–H groups in total. The Balaban J connectivity index is 1.95. The number of para-hydroxylation sites is 1. The van der Waals surface area contributed by atoms with E-state index in [2.05, 4.69) is 10.3 Å². The maximum atomic E-state index is 12.0. The zero-order chi connectivity index (χ0) is 16.4. The highest BCUT2D eigenvalue weighted by atomic mass is 16.5. The van der Waals surface area contributed by atoms with Crippen molar-refractivity contribution >= 4 is 22.8 Å². The average molecular weight is 316 g/mol. The smallest absolute Gasteiger partial charge is 0.323 e. The van der Waals surface area contributed by atoms with E-state index in [1.54, 1.807) is 0 Å². The van der Waals surface area contributed by atoms with Gasteiger partial charge >= 0.3 is 11.9 Å². The second-order valence-corrected chi connectivity index (χ2v) is 5.68. The van der Waals surface area contributed by atoms with E-state index in [0.29, 0.717) is 12.8 Å². The Morgan fingerprint density at radius 2 is 2.00 bits per heavy atom. The molecule has 2 atom stereocenters. The second-order valence-electron chi connectivity index (χ2n) is 5.68. The van der Waals surface area contributed by atoms with E-state index in [1.165, 1.54) is 14.2 Å². The maximum Gasteiger partial charge on any atom is 0.323 e. The fourth-order valence-corrected chi connectivity index (χ4v) is 3.21. The van der Waals surface area contributed by atoms with Crippen LogP contribution in [-0.4, -0.2) is 37.2 Å². The van der Waals surface area contributed by atoms with E-state index >= 15 is 0 Å². The molecule has 0 fully saturated rings. The number of ether oxygens (including phenoxy) is 2. The van der Waals surface area contributed by atoms with Gasteiger partial charge in [-0.1, -0.05) is 18.2 Å². The molecule has 0 bridgehead atoms. The van der Waals surface area contributed by atoms with Crippen molar-refractivity contribution in [2.75, 3.05) is 14.2 Å². The summed E-state index contributed by atoms with van der Waals surface area (Å²) in [6.45, 7) is 0. The highest BCUT2D eigenvalue weighted by molar-refractivity contribution is 5.87. The Kier molecular flexibility index (Phi) is 4.34. The number of nitrogens with one attached hydrogen (secondary N) is 2. The molecule has 1 aliphatic rings. The van der Waals surface area contributed by atoms with Crippen LogP contribution in [0.1, 0.15) is 30.1 Å². The SMILES string of the molecule is COC(=O)CC[C@H]1N[C@H](C(=O)OC)Cc2c1[nH]c1ccccc21. The molecule has 0 saturated heterocycles. The predicted molar refractivity (Wildman–Crippen MR) is 84.9 cm³/mol. The summed E-state index contributed by atoms with van der Waals surface area (Å²) in [5, 5.41) is 4.40. The first kappa shape index (κ1) is 15.6. The molecule has 0 amide bonds. The largest absolute Gasteiger partial charge is 0.469 e. The molecule has 1 aromatic carbocycles. The van der Waals surface area contributed by atoms with Crippen molar-refractivity contribution in [2.24, 2.45) is 0 Å². The number of H-pyrrole nitrogens is 1. The maximum absolute atomic E-state index is 12.0. The van der Waals surface area contributed by atoms with Gasteiger partial charge in [-0.05, 0) is 18.1 Å². The summed E-state index contributed by atoms with van der Waals surface area (Å²) in [5.41, 5.74) is 3.19. The molecule has 0 aliphatic carbocycles. The molecule has 0 radical (unpaired) electrons. The number of aromatic amines is 1. The molecular formula is C17H20N2O4. The number of esters is 2. The zero-order valence-electron chi connectivity index (χ0n) is 13.2. The molecule has 3 rings (SSSR count). The van der Waals surface area contributed by atoms with Crippen LogP contribution in [0.3, 0.4) is 0 Å². The summed E-state index contributed by atoms with van der Waals surface area (Å²) >= 11 is 0. The number of benzene rings is 1. The van der Waals surface area contributed by atoms with Gasteiger partial charge in [0.25, 0.3) is 0 Å². The number of carbonyl (C=O) groups excluding carboxylic acids is 2. The van der Waals surface area contributed by atoms with Crippen molar-refractivity contribution in [3.8, 4) is 0 Å². The molecular weight excluding hydrogens is 296 g/mol. The number of methoxy groups -OCH3 is 2. The molecule has 23 heavy (non-hydrogen) atoms. The normalized spacial score (nSPS) is 20.1. The first-order valence-corrected chi connectivity index (χ1v) is 7.64. The monoisotopic (exact) mass is 316 g/mol. The third kappa shape index (κ3) is 2.94. The van der Waals surface area contributed by atoms with E-state index in [4.69, 9.17) is 9.47 Å². The van der Waals surface area contributed by atoms with Crippen LogP contribution >= 0.6 is 0 Å². The molecule has 0 unspecified atom stereocenters. The van der Waals surface area contributed by atoms with E-state index in [1.807, 2.05) is 24.3 Å². The first-order chi connectivity index (χ1) is 11.1. The summed E-state index contributed by atoms with van der Waals surface area (Å²) in [6, 6.07) is 7.48. The minimum absolute atomic E-state index is 0.116. The van der Waals surface area contributed by atoms with Crippen molar-refractivity contribution in [3.05, 3.63) is 35.5 Å². The Morgan fingerprint density at radius 3 is 2.74 bits per heavy atom. The average Bonchev–Trinajstić information content (AvgIpc) is 2.97. The van der Waals surface area contributed by atoms with E-state index in [0.717, 1.165) is 22.2 Å². The Bertz CT molecular complexity index is 737. The number of hydrogen-bond donors (Lipinski definition) is 2. The van der Waals surface area contributed by atoms with Crippen LogP contribution in [0.25, 0.3) is 10.9 Å². The molecule has 0 saturated carbocycles. The first-order valence-electron chi connectivity index (χ1n) is 7.64. The van der Waals surface area contributed by atoms with Gasteiger partial charge in [0.1, 0.15) is 6.04 Å². The highest BCUT2D eigenvalue weighted by Crippen LogP contribution is 2.34. The molecule has 1 aromatic heterocycles. The van der Waals surface area contributed by atoms with Gasteiger partial charge in [0, 0.05) is 35.5 Å². The number of fused-ring (bicyclic) bond motifs is 3. The van der Waals surface area contributed by atoms with Crippen molar-refractivity contribution < 1.29 is 19.1 Å². The molecule has 122 valence electrons. The predicted octanol–water partition coefficient (Wildman–Crippen LogP) is 1.85. The van der Waals surface area contributed by atoms with Crippen molar-refractivity contribution in [1.82, 2.24) is 10.3 Å². The van der Waals surface area contributed by atoms with Gasteiger partial charge in [0.05, 0.1) is 14.2 Å². The summed E-state index contributed by atoms with van der Waals surface area (Å²) in [7, 11) is 2.76. The van der Waals surface area contributed by atoms with Crippen LogP contribution in [0, 0.1) is 0 Å². The fourth-order valence-electron chi connectivity index (χ4n) is 3.21. The van der Waals surface area contributed by atoms with Crippen LogP contribution in [0.4, 0.5) is 0 Å². The Morgan fingerprint density at radius 1 is 1.22 bits per heavy atom. The van der Waals surface area contributed by atoms with Crippen LogP contribution in [0.2, 0.25) is 0 Å². The topological polar surface area (TPSA) is 80.4 Å². The van der Waals surface area contributed by atoms with Crippen molar-refractivity contribution in [1.29, 1.82) is 0 Å². The molecule has 6 heteroatoms. The van der Waals surface area contributed by atoms with Crippen LogP contribution in [0.15, 0.2) is 24.3 Å². The van der Waals surface area contributed by atoms with Gasteiger partial charge in [0.15, 0.2) is 0 Å². The summed E-state index contributed by atoms with van der Waals surface area (Å²) in [6.07, 6.45) is 1.41. The number of rotatable bonds is 4. The van der Waals surface area contributed by atoms with Crippen molar-refractivity contribution in [2.45, 2.75) is 31.3 Å². The van der Waals surface area contributed by atoms with Gasteiger partial charge in [-0.3, -0.25) is 14.9 Å². The van der Waals surface area contributed by atoms with E-state index in [9.17, 15) is 9.59 Å². The van der Waals surface area contributed by atoms with Crippen LogP contribution in [0.5, 0.6) is 0 Å². The van der Waals surface area contributed by atoms with Gasteiger partial charge in [-0.15, -0.1) is 0 Å². The third-order valence-electron chi connectivity index (χ3n) is 4.36. The van der Waals surface area contributed by atoms with Gasteiger partial charge in [-0.25, -0.2) is 0 Å². The lowest BCUT2D eigenvalue weighted by Gasteiger charge is -2.29. The molecule has 1 aliphatic heterocycles. The fraction of sp³-hybridized carbons (Fsp3) is 0.412. The van der Waals surface area contributed by atoms with Crippen molar-refractivity contribution in [3.63, 3.8) is 0 Å². The van der Waals surface area contributed by atoms with Crippen LogP contribution in [-0.2, 0) is 25.5 Å². The quantitative estimate of drug-likeness (QED) is 0.842. The Hall–Kier alpha value is -2.34. The third-order valence-corrected chi connectivity index (χ3v) is 4.36. The summed E-state index contributed by atoms with van der Waals surface area (Å²) < 4.78 is 9.60. The van der Waals surface area contributed by atoms with E-state index in [-0.39, 0.29) is 24.4 Å². The standard InChI is InChI=1S/C17H20N2O4/c1-22-15(20)8-7-13-16-11(9-14(18-13)17(21)23-2)10-5-3-4-6-12(10)19-16/h3-6,13-14,18-19H,7-9H2,1-2H3/t13-,14+/m1/s1. The van der Waals surface area contributed by atoms with Gasteiger partial charge in [-0.2, -0.15) is 0 Å². The lowest BCUT2D eigenvalue weighted by Crippen LogP contribution is -2.45. The van der Waals surface area contributed by atoms with Gasteiger partial charge < -0.3 is 14.5 Å². The summed E-state index contributed by atoms with van der Waals surface area (Å²) in [4.78, 5) is 26.9. The molecule has 0 spiro atoms. The minimum Gasteiger partial charge on any atom is -0.469 e. The molecule has 2 aromatic rings. The molecule has 6 nitrogen and oxygen atoms in total. The van der Waals surface area contributed by atoms with Crippen LogP contribution < -0.4 is 5.32 Å². The van der Waals surface area contributed by atoms with Gasteiger partial charge in [0.2, 0.25) is 0 Å². The number of carbonyl (C=O) groups is 2. The second kappa shape index (κ2) is 6.42. The zero-order valence-corrected chi connectivity index (χ0v) is 13.2. The minimum atomic E-state index is -0.408. The lowest BCUT2D eigenvalue weighted by molar-refractivity contribution is -0.143. The van der Waals surface area contributed by atoms with E-state index < -0.39 is 6.04 Å². The summed E-state index contributed by atoms with van der Waals surface area (Å²) in [5.74, 6) is -0.548. The highest BCUT2D eigenvalue weighted by Gasteiger charge is 2.33. The molecule has 2 heterocycles. The Labute approximate surface area is 134 Å².